The number of hydrogen-bond donors (Lipinski definition) is 3. The van der Waals surface area contributed by atoms with Crippen LogP contribution in [0.15, 0.2) is 36.4 Å². The number of carbonyl (C=O) groups excluding carboxylic acids is 4. The molecular weight excluding hydrogens is 484 g/mol. The fourth-order valence-electron chi connectivity index (χ4n) is 4.86. The maximum atomic E-state index is 13.0. The van der Waals surface area contributed by atoms with Crippen LogP contribution in [-0.2, 0) is 27.3 Å². The van der Waals surface area contributed by atoms with Crippen LogP contribution in [0.3, 0.4) is 0 Å². The molecule has 0 saturated carbocycles. The van der Waals surface area contributed by atoms with Gasteiger partial charge >= 0.3 is 0 Å². The van der Waals surface area contributed by atoms with Crippen molar-refractivity contribution in [3.05, 3.63) is 58.1 Å². The van der Waals surface area contributed by atoms with Crippen LogP contribution in [0, 0.1) is 0 Å². The Labute approximate surface area is 213 Å². The molecule has 9 nitrogen and oxygen atoms in total. The molecular formula is C26H27ClN4O5. The topological polar surface area (TPSA) is 117 Å². The summed E-state index contributed by atoms with van der Waals surface area (Å²) >= 11 is 6.22. The van der Waals surface area contributed by atoms with Crippen molar-refractivity contribution in [2.45, 2.75) is 50.8 Å². The first kappa shape index (κ1) is 24.3. The number of hydrogen-bond acceptors (Lipinski definition) is 6. The minimum absolute atomic E-state index is 0.0837. The van der Waals surface area contributed by atoms with Crippen molar-refractivity contribution >= 4 is 40.9 Å². The Morgan fingerprint density at radius 3 is 2.78 bits per heavy atom. The van der Waals surface area contributed by atoms with Gasteiger partial charge < -0.3 is 20.3 Å². The Bertz CT molecular complexity index is 1230. The quantitative estimate of drug-likeness (QED) is 0.492. The highest BCUT2D eigenvalue weighted by Gasteiger charge is 2.39. The first-order valence-electron chi connectivity index (χ1n) is 12.1. The fraction of sp³-hybridized carbons (Fsp3) is 0.385. The van der Waals surface area contributed by atoms with E-state index in [-0.39, 0.29) is 36.7 Å². The monoisotopic (exact) mass is 510 g/mol. The molecule has 0 aromatic heterocycles. The molecule has 4 amide bonds. The summed E-state index contributed by atoms with van der Waals surface area (Å²) in [5, 5.41) is 8.90. The Hall–Kier alpha value is -3.43. The molecule has 2 atom stereocenters. The molecule has 5 rings (SSSR count). The van der Waals surface area contributed by atoms with Gasteiger partial charge in [0.05, 0.1) is 0 Å². The molecule has 0 aliphatic carbocycles. The molecule has 2 aromatic carbocycles. The molecule has 0 radical (unpaired) electrons. The van der Waals surface area contributed by atoms with Gasteiger partial charge in [0.15, 0.2) is 0 Å². The Morgan fingerprint density at radius 1 is 1.14 bits per heavy atom. The maximum Gasteiger partial charge on any atom is 0.255 e. The number of halogens is 1. The third kappa shape index (κ3) is 5.37. The van der Waals surface area contributed by atoms with Crippen LogP contribution in [0.5, 0.6) is 5.75 Å². The van der Waals surface area contributed by atoms with E-state index in [9.17, 15) is 19.2 Å². The van der Waals surface area contributed by atoms with Gasteiger partial charge in [-0.1, -0.05) is 23.7 Å². The van der Waals surface area contributed by atoms with E-state index in [2.05, 4.69) is 16.0 Å². The van der Waals surface area contributed by atoms with Crippen LogP contribution in [0.25, 0.3) is 0 Å². The van der Waals surface area contributed by atoms with Crippen molar-refractivity contribution in [1.82, 2.24) is 15.5 Å². The molecule has 0 bridgehead atoms. The van der Waals surface area contributed by atoms with Gasteiger partial charge in [-0.15, -0.1) is 0 Å². The van der Waals surface area contributed by atoms with E-state index in [1.165, 1.54) is 4.90 Å². The van der Waals surface area contributed by atoms with Crippen molar-refractivity contribution in [3.63, 3.8) is 0 Å². The molecule has 3 aliphatic heterocycles. The lowest BCUT2D eigenvalue weighted by molar-refractivity contribution is -0.137. The molecule has 188 valence electrons. The summed E-state index contributed by atoms with van der Waals surface area (Å²) in [6.07, 6.45) is 2.21. The highest BCUT2D eigenvalue weighted by atomic mass is 35.5. The van der Waals surface area contributed by atoms with E-state index in [0.717, 1.165) is 30.6 Å². The summed E-state index contributed by atoms with van der Waals surface area (Å²) in [6.45, 7) is 2.03. The van der Waals surface area contributed by atoms with E-state index in [1.54, 1.807) is 24.3 Å². The Balaban J connectivity index is 1.18. The second-order valence-electron chi connectivity index (χ2n) is 9.35. The Kier molecular flexibility index (Phi) is 6.93. The van der Waals surface area contributed by atoms with Crippen LogP contribution in [0.4, 0.5) is 5.69 Å². The molecule has 36 heavy (non-hydrogen) atoms. The fourth-order valence-corrected chi connectivity index (χ4v) is 5.09. The second-order valence-corrected chi connectivity index (χ2v) is 9.78. The smallest absolute Gasteiger partial charge is 0.255 e. The minimum Gasteiger partial charge on any atom is -0.489 e. The molecule has 0 spiro atoms. The first-order valence-corrected chi connectivity index (χ1v) is 12.5. The van der Waals surface area contributed by atoms with Crippen LogP contribution in [0.1, 0.15) is 47.2 Å². The number of benzene rings is 2. The molecule has 3 N–H and O–H groups in total. The lowest BCUT2D eigenvalue weighted by Gasteiger charge is -2.29. The van der Waals surface area contributed by atoms with Crippen molar-refractivity contribution in [1.29, 1.82) is 0 Å². The average molecular weight is 511 g/mol. The standard InChI is InChI=1S/C26H27ClN4O5/c27-17-10-18(12-20(11-17)36-19-7-8-28-13-19)29-23(32)5-2-15-1-3-16-14-31(26(35)21(16)9-15)22-4-6-24(33)30-25(22)34/h1,3,9-12,19,22,28H,2,4-8,13-14H2,(H,29,32)(H,30,33,34). The SMILES string of the molecule is O=C1CCC(N2Cc3ccc(CCC(=O)Nc4cc(Cl)cc(OC5CCNC5)c4)cc3C2=O)C(=O)N1. The van der Waals surface area contributed by atoms with E-state index < -0.39 is 11.9 Å². The van der Waals surface area contributed by atoms with E-state index >= 15 is 0 Å². The highest BCUT2D eigenvalue weighted by molar-refractivity contribution is 6.31. The zero-order valence-corrected chi connectivity index (χ0v) is 20.4. The van der Waals surface area contributed by atoms with Crippen LogP contribution in [0.2, 0.25) is 5.02 Å². The number of imide groups is 1. The molecule has 3 heterocycles. The predicted molar refractivity (Wildman–Crippen MR) is 133 cm³/mol. The van der Waals surface area contributed by atoms with Crippen LogP contribution < -0.4 is 20.7 Å². The minimum atomic E-state index is -0.645. The summed E-state index contributed by atoms with van der Waals surface area (Å²) in [4.78, 5) is 50.8. The number of carbonyl (C=O) groups is 4. The summed E-state index contributed by atoms with van der Waals surface area (Å²) < 4.78 is 5.95. The van der Waals surface area contributed by atoms with Crippen molar-refractivity contribution in [2.24, 2.45) is 0 Å². The lowest BCUT2D eigenvalue weighted by atomic mass is 10.0. The van der Waals surface area contributed by atoms with Crippen molar-refractivity contribution in [2.75, 3.05) is 18.4 Å². The summed E-state index contributed by atoms with van der Waals surface area (Å²) in [6, 6.07) is 10.1. The molecule has 2 unspecified atom stereocenters. The molecule has 2 aromatic rings. The number of aryl methyl sites for hydroxylation is 1. The largest absolute Gasteiger partial charge is 0.489 e. The van der Waals surface area contributed by atoms with Gasteiger partial charge in [0.25, 0.3) is 5.91 Å². The number of rotatable bonds is 7. The second kappa shape index (κ2) is 10.3. The molecule has 2 saturated heterocycles. The number of fused-ring (bicyclic) bond motifs is 1. The predicted octanol–water partition coefficient (Wildman–Crippen LogP) is 2.41. The molecule has 2 fully saturated rings. The van der Waals surface area contributed by atoms with E-state index in [1.807, 2.05) is 12.1 Å². The average Bonchev–Trinajstić information content (AvgIpc) is 3.45. The van der Waals surface area contributed by atoms with Gasteiger partial charge in [0, 0.05) is 48.3 Å². The molecule has 10 heteroatoms. The van der Waals surface area contributed by atoms with Gasteiger partial charge in [-0.2, -0.15) is 0 Å². The zero-order chi connectivity index (χ0) is 25.2. The third-order valence-electron chi connectivity index (χ3n) is 6.71. The van der Waals surface area contributed by atoms with Crippen molar-refractivity contribution < 1.29 is 23.9 Å². The van der Waals surface area contributed by atoms with Gasteiger partial charge in [-0.3, -0.25) is 24.5 Å². The summed E-state index contributed by atoms with van der Waals surface area (Å²) in [5.74, 6) is -0.533. The van der Waals surface area contributed by atoms with Crippen LogP contribution in [-0.4, -0.2) is 53.8 Å². The number of nitrogens with zero attached hydrogens (tertiary/aromatic N) is 1. The third-order valence-corrected chi connectivity index (χ3v) is 6.92. The number of amides is 4. The van der Waals surface area contributed by atoms with Gasteiger partial charge in [-0.05, 0) is 55.1 Å². The number of nitrogens with one attached hydrogen (secondary N) is 3. The summed E-state index contributed by atoms with van der Waals surface area (Å²) in [5.41, 5.74) is 2.79. The molecule has 3 aliphatic rings. The zero-order valence-electron chi connectivity index (χ0n) is 19.6. The van der Waals surface area contributed by atoms with E-state index in [0.29, 0.717) is 41.4 Å². The Morgan fingerprint density at radius 2 is 2.00 bits per heavy atom. The van der Waals surface area contributed by atoms with Crippen molar-refractivity contribution in [3.8, 4) is 5.75 Å². The van der Waals surface area contributed by atoms with Gasteiger partial charge in [0.2, 0.25) is 17.7 Å². The maximum absolute atomic E-state index is 13.0. The number of piperidine rings is 1. The van der Waals surface area contributed by atoms with Gasteiger partial charge in [-0.25, -0.2) is 0 Å². The lowest BCUT2D eigenvalue weighted by Crippen LogP contribution is -2.52. The van der Waals surface area contributed by atoms with E-state index in [4.69, 9.17) is 16.3 Å². The first-order chi connectivity index (χ1) is 17.4. The summed E-state index contributed by atoms with van der Waals surface area (Å²) in [7, 11) is 0. The number of ether oxygens (including phenoxy) is 1. The highest BCUT2D eigenvalue weighted by Crippen LogP contribution is 2.29. The van der Waals surface area contributed by atoms with Gasteiger partial charge in [0.1, 0.15) is 17.9 Å². The number of anilines is 1. The van der Waals surface area contributed by atoms with Crippen LogP contribution >= 0.6 is 11.6 Å². The normalized spacial score (nSPS) is 21.4.